The van der Waals surface area contributed by atoms with Gasteiger partial charge in [0.2, 0.25) is 0 Å². The minimum atomic E-state index is -4.75. The minimum Gasteiger partial charge on any atom is -0.374 e. The lowest BCUT2D eigenvalue weighted by Gasteiger charge is -2.26. The summed E-state index contributed by atoms with van der Waals surface area (Å²) in [5, 5.41) is 24.3. The summed E-state index contributed by atoms with van der Waals surface area (Å²) in [6.07, 6.45) is -4.81. The van der Waals surface area contributed by atoms with E-state index in [0.29, 0.717) is 16.5 Å². The number of halogens is 3. The van der Waals surface area contributed by atoms with Gasteiger partial charge in [-0.05, 0) is 42.1 Å². The van der Waals surface area contributed by atoms with Crippen LogP contribution in [0.1, 0.15) is 27.1 Å². The zero-order valence-electron chi connectivity index (χ0n) is 15.8. The number of nitriles is 1. The molecule has 4 nitrogen and oxygen atoms in total. The molecule has 3 rings (SSSR count). The van der Waals surface area contributed by atoms with E-state index in [-0.39, 0.29) is 12.1 Å². The Morgan fingerprint density at radius 3 is 2.43 bits per heavy atom. The first-order chi connectivity index (χ1) is 14.1. The molecule has 0 saturated heterocycles. The standard InChI is InChI=1S/C22H17F3N2O2S/c1-14-4-6-15(7-5-14)12-21(29,19-3-2-10-30-19)20(28)27-17-9-8-16(13-26)18(11-17)22(23,24)25/h2-11,29H,12H2,1H3,(H,27,28). The van der Waals surface area contributed by atoms with Crippen LogP contribution in [0.4, 0.5) is 18.9 Å². The number of amides is 1. The number of rotatable bonds is 5. The highest BCUT2D eigenvalue weighted by Crippen LogP contribution is 2.35. The van der Waals surface area contributed by atoms with Crippen LogP contribution >= 0.6 is 11.3 Å². The van der Waals surface area contributed by atoms with E-state index < -0.39 is 28.8 Å². The summed E-state index contributed by atoms with van der Waals surface area (Å²) in [4.78, 5) is 13.4. The van der Waals surface area contributed by atoms with Crippen molar-refractivity contribution in [2.45, 2.75) is 25.1 Å². The molecule has 8 heteroatoms. The fourth-order valence-electron chi connectivity index (χ4n) is 2.98. The van der Waals surface area contributed by atoms with E-state index in [1.807, 2.05) is 19.1 Å². The second kappa shape index (κ2) is 8.30. The number of carbonyl (C=O) groups is 1. The van der Waals surface area contributed by atoms with Gasteiger partial charge in [0.05, 0.1) is 17.2 Å². The van der Waals surface area contributed by atoms with Gasteiger partial charge >= 0.3 is 6.18 Å². The van der Waals surface area contributed by atoms with Crippen LogP contribution in [0, 0.1) is 18.3 Å². The number of nitrogens with one attached hydrogen (secondary N) is 1. The van der Waals surface area contributed by atoms with Gasteiger partial charge in [-0.3, -0.25) is 4.79 Å². The molecule has 0 aliphatic heterocycles. The van der Waals surface area contributed by atoms with Gasteiger partial charge in [-0.2, -0.15) is 18.4 Å². The van der Waals surface area contributed by atoms with E-state index in [9.17, 15) is 23.1 Å². The van der Waals surface area contributed by atoms with Gasteiger partial charge in [-0.25, -0.2) is 0 Å². The van der Waals surface area contributed by atoms with Crippen LogP contribution in [0.2, 0.25) is 0 Å². The predicted octanol–water partition coefficient (Wildman–Crippen LogP) is 5.02. The number of hydrogen-bond donors (Lipinski definition) is 2. The molecule has 2 aromatic carbocycles. The Hall–Kier alpha value is -3.15. The van der Waals surface area contributed by atoms with Crippen molar-refractivity contribution in [2.75, 3.05) is 5.32 Å². The molecule has 1 atom stereocenters. The highest BCUT2D eigenvalue weighted by atomic mass is 32.1. The molecule has 2 N–H and O–H groups in total. The SMILES string of the molecule is Cc1ccc(CC(O)(C(=O)Nc2ccc(C#N)c(C(F)(F)F)c2)c2cccs2)cc1. The van der Waals surface area contributed by atoms with Crippen molar-refractivity contribution in [3.05, 3.63) is 87.1 Å². The Morgan fingerprint density at radius 1 is 1.17 bits per heavy atom. The second-order valence-electron chi connectivity index (χ2n) is 6.82. The number of carbonyl (C=O) groups excluding carboxylic acids is 1. The van der Waals surface area contributed by atoms with E-state index >= 15 is 0 Å². The molecule has 1 amide bonds. The molecule has 0 aliphatic carbocycles. The lowest BCUT2D eigenvalue weighted by molar-refractivity contribution is -0.138. The third-order valence-electron chi connectivity index (χ3n) is 4.59. The fraction of sp³-hybridized carbons (Fsp3) is 0.182. The average Bonchev–Trinajstić information content (AvgIpc) is 3.24. The van der Waals surface area contributed by atoms with Gasteiger partial charge in [-0.15, -0.1) is 11.3 Å². The summed E-state index contributed by atoms with van der Waals surface area (Å²) >= 11 is 1.17. The predicted molar refractivity (Wildman–Crippen MR) is 108 cm³/mol. The zero-order valence-corrected chi connectivity index (χ0v) is 16.6. The quantitative estimate of drug-likeness (QED) is 0.597. The van der Waals surface area contributed by atoms with E-state index in [1.54, 1.807) is 29.6 Å². The van der Waals surface area contributed by atoms with Crippen LogP contribution < -0.4 is 5.32 Å². The Labute approximate surface area is 175 Å². The molecule has 0 saturated carbocycles. The molecule has 0 fully saturated rings. The van der Waals surface area contributed by atoms with Crippen molar-refractivity contribution in [3.8, 4) is 6.07 Å². The normalized spacial score (nSPS) is 13.3. The van der Waals surface area contributed by atoms with E-state index in [0.717, 1.165) is 11.6 Å². The van der Waals surface area contributed by atoms with Crippen molar-refractivity contribution < 1.29 is 23.1 Å². The Morgan fingerprint density at radius 2 is 1.87 bits per heavy atom. The van der Waals surface area contributed by atoms with Gasteiger partial charge in [0.1, 0.15) is 0 Å². The summed E-state index contributed by atoms with van der Waals surface area (Å²) in [7, 11) is 0. The van der Waals surface area contributed by atoms with Gasteiger partial charge in [-0.1, -0.05) is 35.9 Å². The molecule has 0 spiro atoms. The van der Waals surface area contributed by atoms with E-state index in [4.69, 9.17) is 5.26 Å². The van der Waals surface area contributed by atoms with Gasteiger partial charge in [0.25, 0.3) is 5.91 Å². The zero-order chi connectivity index (χ0) is 21.9. The van der Waals surface area contributed by atoms with Crippen molar-refractivity contribution in [1.29, 1.82) is 5.26 Å². The van der Waals surface area contributed by atoms with Crippen LogP contribution in [0.25, 0.3) is 0 Å². The highest BCUT2D eigenvalue weighted by molar-refractivity contribution is 7.10. The molecule has 1 unspecified atom stereocenters. The van der Waals surface area contributed by atoms with Crippen molar-refractivity contribution in [2.24, 2.45) is 0 Å². The number of nitrogens with zero attached hydrogens (tertiary/aromatic N) is 1. The Balaban J connectivity index is 1.95. The second-order valence-corrected chi connectivity index (χ2v) is 7.77. The lowest BCUT2D eigenvalue weighted by Crippen LogP contribution is -2.41. The first kappa shape index (κ1) is 21.6. The van der Waals surface area contributed by atoms with Crippen LogP contribution in [0.5, 0.6) is 0 Å². The Bertz CT molecular complexity index is 1090. The lowest BCUT2D eigenvalue weighted by atomic mass is 9.91. The molecule has 0 aliphatic rings. The maximum atomic E-state index is 13.2. The maximum absolute atomic E-state index is 13.2. The minimum absolute atomic E-state index is 0.0535. The number of benzene rings is 2. The van der Waals surface area contributed by atoms with E-state index in [1.165, 1.54) is 23.5 Å². The number of anilines is 1. The molecule has 0 bridgehead atoms. The number of aryl methyl sites for hydroxylation is 1. The monoisotopic (exact) mass is 430 g/mol. The van der Waals surface area contributed by atoms with Crippen LogP contribution in [-0.4, -0.2) is 11.0 Å². The first-order valence-electron chi connectivity index (χ1n) is 8.88. The third kappa shape index (κ3) is 4.53. The number of aliphatic hydroxyl groups is 1. The van der Waals surface area contributed by atoms with Gasteiger partial charge in [0, 0.05) is 17.0 Å². The number of thiophene rings is 1. The van der Waals surface area contributed by atoms with Gasteiger partial charge < -0.3 is 10.4 Å². The largest absolute Gasteiger partial charge is 0.417 e. The summed E-state index contributed by atoms with van der Waals surface area (Å²) < 4.78 is 39.7. The molecular formula is C22H17F3N2O2S. The Kier molecular flexibility index (Phi) is 5.97. The third-order valence-corrected chi connectivity index (χ3v) is 5.61. The molecular weight excluding hydrogens is 413 g/mol. The van der Waals surface area contributed by atoms with Crippen LogP contribution in [0.15, 0.2) is 60.0 Å². The van der Waals surface area contributed by atoms with Crippen LogP contribution in [-0.2, 0) is 23.0 Å². The maximum Gasteiger partial charge on any atom is 0.417 e. The molecule has 154 valence electrons. The number of hydrogen-bond acceptors (Lipinski definition) is 4. The molecule has 0 radical (unpaired) electrons. The van der Waals surface area contributed by atoms with Gasteiger partial charge in [0.15, 0.2) is 5.60 Å². The van der Waals surface area contributed by atoms with Crippen LogP contribution in [0.3, 0.4) is 0 Å². The highest BCUT2D eigenvalue weighted by Gasteiger charge is 2.40. The molecule has 1 heterocycles. The van der Waals surface area contributed by atoms with Crippen molar-refractivity contribution in [3.63, 3.8) is 0 Å². The van der Waals surface area contributed by atoms with Crippen molar-refractivity contribution >= 4 is 22.9 Å². The smallest absolute Gasteiger partial charge is 0.374 e. The molecule has 3 aromatic rings. The summed E-state index contributed by atoms with van der Waals surface area (Å²) in [5.74, 6) is -0.858. The summed E-state index contributed by atoms with van der Waals surface area (Å²) in [5.41, 5.74) is -2.13. The van der Waals surface area contributed by atoms with Crippen molar-refractivity contribution in [1.82, 2.24) is 0 Å². The molecule has 30 heavy (non-hydrogen) atoms. The molecule has 1 aromatic heterocycles. The fourth-order valence-corrected chi connectivity index (χ4v) is 3.80. The van der Waals surface area contributed by atoms with E-state index in [2.05, 4.69) is 5.32 Å². The first-order valence-corrected chi connectivity index (χ1v) is 9.76. The summed E-state index contributed by atoms with van der Waals surface area (Å²) in [6, 6.07) is 14.9. The average molecular weight is 430 g/mol. The number of alkyl halides is 3. The summed E-state index contributed by atoms with van der Waals surface area (Å²) in [6.45, 7) is 1.91. The topological polar surface area (TPSA) is 73.1 Å².